The van der Waals surface area contributed by atoms with Crippen molar-refractivity contribution in [2.24, 2.45) is 5.92 Å². The molecule has 12 heteroatoms. The zero-order valence-electron chi connectivity index (χ0n) is 18.7. The summed E-state index contributed by atoms with van der Waals surface area (Å²) in [4.78, 5) is 38.2. The quantitative estimate of drug-likeness (QED) is 0.601. The van der Waals surface area contributed by atoms with Crippen molar-refractivity contribution in [1.29, 1.82) is 0 Å². The van der Waals surface area contributed by atoms with Gasteiger partial charge in [-0.1, -0.05) is 0 Å². The normalized spacial score (nSPS) is 18.6. The van der Waals surface area contributed by atoms with Crippen LogP contribution in [0.15, 0.2) is 36.7 Å². The van der Waals surface area contributed by atoms with Crippen LogP contribution in [0.4, 0.5) is 24.7 Å². The Labute approximate surface area is 194 Å². The van der Waals surface area contributed by atoms with E-state index in [1.165, 1.54) is 18.3 Å². The monoisotopic (exact) mass is 479 g/mol. The summed E-state index contributed by atoms with van der Waals surface area (Å²) >= 11 is 0. The number of carbonyl (C=O) groups excluding carboxylic acids is 2. The predicted octanol–water partition coefficient (Wildman–Crippen LogP) is 2.13. The average Bonchev–Trinajstić information content (AvgIpc) is 3.12. The highest BCUT2D eigenvalue weighted by atomic mass is 19.4. The topological polar surface area (TPSA) is 88.1 Å². The van der Waals surface area contributed by atoms with Crippen molar-refractivity contribution in [3.05, 3.63) is 36.7 Å². The predicted molar refractivity (Wildman–Crippen MR) is 116 cm³/mol. The third kappa shape index (κ3) is 5.32. The fourth-order valence-corrected chi connectivity index (χ4v) is 3.77. The number of pyridine rings is 2. The van der Waals surface area contributed by atoms with Crippen LogP contribution in [-0.2, 0) is 9.59 Å². The summed E-state index contributed by atoms with van der Waals surface area (Å²) in [5.41, 5.74) is 0.635. The largest absolute Gasteiger partial charge is 0.479 e. The Hall–Kier alpha value is -3.57. The minimum absolute atomic E-state index is 0.0331. The Bertz CT molecular complexity index is 1020. The highest BCUT2D eigenvalue weighted by Crippen LogP contribution is 2.28. The van der Waals surface area contributed by atoms with Crippen LogP contribution in [0.2, 0.25) is 0 Å². The number of carbonyl (C=O) groups is 2. The molecule has 0 saturated carbocycles. The summed E-state index contributed by atoms with van der Waals surface area (Å²) in [6.45, 7) is 0.218. The third-order valence-corrected chi connectivity index (χ3v) is 5.57. The van der Waals surface area contributed by atoms with Gasteiger partial charge in [-0.15, -0.1) is 0 Å². The lowest BCUT2D eigenvalue weighted by atomic mass is 9.99. The van der Waals surface area contributed by atoms with E-state index in [1.54, 1.807) is 36.2 Å². The van der Waals surface area contributed by atoms with Crippen LogP contribution >= 0.6 is 0 Å². The van der Waals surface area contributed by atoms with E-state index in [9.17, 15) is 22.8 Å². The Morgan fingerprint density at radius 1 is 1.15 bits per heavy atom. The van der Waals surface area contributed by atoms with Gasteiger partial charge in [0.05, 0.1) is 24.0 Å². The number of hydrogen-bond acceptors (Lipinski definition) is 7. The van der Waals surface area contributed by atoms with E-state index in [0.717, 1.165) is 5.82 Å². The van der Waals surface area contributed by atoms with Crippen molar-refractivity contribution in [2.75, 3.05) is 50.1 Å². The first-order valence-corrected chi connectivity index (χ1v) is 10.7. The fraction of sp³-hybridized carbons (Fsp3) is 0.455. The number of rotatable bonds is 7. The number of nitrogens with zero attached hydrogens (tertiary/aromatic N) is 5. The SMILES string of the molecule is CN(C)C(=O)C1CN(c2ccc(N3CC[C@@H](Oc4ccc(OCC(F)(F)F)nc4)C3=O)cn2)C1. The van der Waals surface area contributed by atoms with Crippen LogP contribution in [0.3, 0.4) is 0 Å². The molecule has 0 aromatic carbocycles. The molecule has 1 atom stereocenters. The summed E-state index contributed by atoms with van der Waals surface area (Å²) < 4.78 is 46.9. The lowest BCUT2D eigenvalue weighted by Crippen LogP contribution is -2.53. The molecule has 2 amide bonds. The molecule has 4 rings (SSSR count). The van der Waals surface area contributed by atoms with Crippen LogP contribution in [0.5, 0.6) is 11.6 Å². The van der Waals surface area contributed by atoms with Gasteiger partial charge in [0.2, 0.25) is 11.8 Å². The smallest absolute Gasteiger partial charge is 0.422 e. The molecule has 0 unspecified atom stereocenters. The van der Waals surface area contributed by atoms with Gasteiger partial charge >= 0.3 is 6.18 Å². The molecule has 2 aromatic rings. The van der Waals surface area contributed by atoms with E-state index < -0.39 is 18.9 Å². The number of halogens is 3. The number of hydrogen-bond donors (Lipinski definition) is 0. The molecular formula is C22H24F3N5O4. The molecule has 2 fully saturated rings. The van der Waals surface area contributed by atoms with Crippen LogP contribution in [0.1, 0.15) is 6.42 Å². The summed E-state index contributed by atoms with van der Waals surface area (Å²) in [6, 6.07) is 6.29. The first-order valence-electron chi connectivity index (χ1n) is 10.7. The van der Waals surface area contributed by atoms with Crippen LogP contribution < -0.4 is 19.3 Å². The van der Waals surface area contributed by atoms with Crippen molar-refractivity contribution < 1.29 is 32.2 Å². The molecular weight excluding hydrogens is 455 g/mol. The molecule has 182 valence electrons. The van der Waals surface area contributed by atoms with Crippen LogP contribution in [0, 0.1) is 5.92 Å². The van der Waals surface area contributed by atoms with Gasteiger partial charge in [-0.25, -0.2) is 9.97 Å². The second-order valence-electron chi connectivity index (χ2n) is 8.33. The molecule has 2 aliphatic rings. The number of ether oxygens (including phenoxy) is 2. The van der Waals surface area contributed by atoms with Gasteiger partial charge in [-0.3, -0.25) is 9.59 Å². The summed E-state index contributed by atoms with van der Waals surface area (Å²) in [7, 11) is 3.47. The minimum Gasteiger partial charge on any atom is -0.479 e. The van der Waals surface area contributed by atoms with Gasteiger partial charge in [0.1, 0.15) is 11.6 Å². The zero-order chi connectivity index (χ0) is 24.5. The highest BCUT2D eigenvalue weighted by Gasteiger charge is 2.36. The Morgan fingerprint density at radius 2 is 1.91 bits per heavy atom. The molecule has 2 aliphatic heterocycles. The average molecular weight is 479 g/mol. The van der Waals surface area contributed by atoms with E-state index >= 15 is 0 Å². The lowest BCUT2D eigenvalue weighted by molar-refractivity contribution is -0.154. The molecule has 0 radical (unpaired) electrons. The van der Waals surface area contributed by atoms with Crippen LogP contribution in [-0.4, -0.2) is 79.3 Å². The first kappa shape index (κ1) is 23.6. The van der Waals surface area contributed by atoms with Gasteiger partial charge < -0.3 is 24.2 Å². The second kappa shape index (κ2) is 9.35. The molecule has 0 N–H and O–H groups in total. The van der Waals surface area contributed by atoms with Crippen molar-refractivity contribution in [1.82, 2.24) is 14.9 Å². The van der Waals surface area contributed by atoms with E-state index in [-0.39, 0.29) is 29.4 Å². The summed E-state index contributed by atoms with van der Waals surface area (Å²) in [6.07, 6.45) is -1.92. The third-order valence-electron chi connectivity index (χ3n) is 5.57. The fourth-order valence-electron chi connectivity index (χ4n) is 3.77. The van der Waals surface area contributed by atoms with Crippen molar-refractivity contribution in [2.45, 2.75) is 18.7 Å². The molecule has 0 spiro atoms. The maximum atomic E-state index is 12.8. The summed E-state index contributed by atoms with van der Waals surface area (Å²) in [5.74, 6) is 0.634. The molecule has 4 heterocycles. The maximum Gasteiger partial charge on any atom is 0.422 e. The number of alkyl halides is 3. The number of amides is 2. The molecule has 0 bridgehead atoms. The maximum absolute atomic E-state index is 12.8. The standard InChI is InChI=1S/C22H24F3N5O4/c1-28(2)20(31)14-11-29(12-14)18-5-3-15(9-26-18)30-8-7-17(21(30)32)34-16-4-6-19(27-10-16)33-13-22(23,24)25/h3-6,9-10,14,17H,7-8,11-13H2,1-2H3/t17-/m1/s1. The molecule has 2 aromatic heterocycles. The molecule has 9 nitrogen and oxygen atoms in total. The van der Waals surface area contributed by atoms with Gasteiger partial charge in [-0.2, -0.15) is 13.2 Å². The molecule has 2 saturated heterocycles. The van der Waals surface area contributed by atoms with Gasteiger partial charge in [0.25, 0.3) is 5.91 Å². The highest BCUT2D eigenvalue weighted by molar-refractivity contribution is 5.99. The Morgan fingerprint density at radius 3 is 2.50 bits per heavy atom. The second-order valence-corrected chi connectivity index (χ2v) is 8.33. The molecule has 0 aliphatic carbocycles. The number of aromatic nitrogens is 2. The lowest BCUT2D eigenvalue weighted by Gasteiger charge is -2.40. The Balaban J connectivity index is 1.30. The van der Waals surface area contributed by atoms with E-state index in [2.05, 4.69) is 14.7 Å². The van der Waals surface area contributed by atoms with Gasteiger partial charge in [0, 0.05) is 46.2 Å². The number of anilines is 2. The van der Waals surface area contributed by atoms with Gasteiger partial charge in [-0.05, 0) is 18.2 Å². The van der Waals surface area contributed by atoms with Gasteiger partial charge in [0.15, 0.2) is 12.7 Å². The van der Waals surface area contributed by atoms with E-state index in [4.69, 9.17) is 4.74 Å². The van der Waals surface area contributed by atoms with Crippen molar-refractivity contribution in [3.8, 4) is 11.6 Å². The van der Waals surface area contributed by atoms with E-state index in [0.29, 0.717) is 31.7 Å². The van der Waals surface area contributed by atoms with Crippen LogP contribution in [0.25, 0.3) is 0 Å². The van der Waals surface area contributed by atoms with Crippen molar-refractivity contribution in [3.63, 3.8) is 0 Å². The van der Waals surface area contributed by atoms with E-state index in [1.807, 2.05) is 11.0 Å². The zero-order valence-corrected chi connectivity index (χ0v) is 18.7. The Kier molecular flexibility index (Phi) is 6.49. The summed E-state index contributed by atoms with van der Waals surface area (Å²) in [5, 5.41) is 0. The minimum atomic E-state index is -4.45. The first-order chi connectivity index (χ1) is 16.1. The molecule has 34 heavy (non-hydrogen) atoms. The van der Waals surface area contributed by atoms with Crippen molar-refractivity contribution >= 4 is 23.3 Å².